The van der Waals surface area contributed by atoms with Crippen molar-refractivity contribution in [3.63, 3.8) is 0 Å². The molecular weight excluding hydrogens is 246 g/mol. The third-order valence-corrected chi connectivity index (χ3v) is 5.84. The molecule has 1 saturated heterocycles. The number of likely N-dealkylation sites (tertiary alicyclic amines) is 1. The standard InChI is InChI=1S/C14H25NO4/c1-3-13(16,17)11(2)12(6-7-12)9-14(18,19)15(11)8-10-4-5-10/h10,16-19H,3-9H2,1-2H3/t11-/m1/s1. The number of nitrogens with zero attached hydrogens (tertiary/aromatic N) is 1. The highest BCUT2D eigenvalue weighted by molar-refractivity contribution is 5.23. The first kappa shape index (κ1) is 13.8. The summed E-state index contributed by atoms with van der Waals surface area (Å²) in [5.41, 5.74) is -1.36. The lowest BCUT2D eigenvalue weighted by atomic mass is 9.75. The Morgan fingerprint density at radius 2 is 1.79 bits per heavy atom. The summed E-state index contributed by atoms with van der Waals surface area (Å²) in [5, 5.41) is 41.7. The molecule has 3 aliphatic rings. The van der Waals surface area contributed by atoms with Crippen molar-refractivity contribution in [3.05, 3.63) is 0 Å². The van der Waals surface area contributed by atoms with Crippen molar-refractivity contribution in [1.82, 2.24) is 4.90 Å². The van der Waals surface area contributed by atoms with Gasteiger partial charge in [0.15, 0.2) is 5.79 Å². The van der Waals surface area contributed by atoms with Gasteiger partial charge in [-0.05, 0) is 38.5 Å². The molecule has 4 N–H and O–H groups in total. The van der Waals surface area contributed by atoms with Gasteiger partial charge in [0.25, 0.3) is 0 Å². The van der Waals surface area contributed by atoms with Gasteiger partial charge in [0.2, 0.25) is 5.91 Å². The predicted molar refractivity (Wildman–Crippen MR) is 68.7 cm³/mol. The van der Waals surface area contributed by atoms with Gasteiger partial charge in [0, 0.05) is 24.8 Å². The fourth-order valence-electron chi connectivity index (χ4n) is 4.05. The summed E-state index contributed by atoms with van der Waals surface area (Å²) in [6.45, 7) is 4.06. The van der Waals surface area contributed by atoms with Crippen LogP contribution in [0.4, 0.5) is 0 Å². The van der Waals surface area contributed by atoms with Gasteiger partial charge < -0.3 is 20.4 Å². The van der Waals surface area contributed by atoms with E-state index in [1.165, 1.54) is 0 Å². The van der Waals surface area contributed by atoms with Crippen molar-refractivity contribution >= 4 is 0 Å². The van der Waals surface area contributed by atoms with Crippen LogP contribution in [0.5, 0.6) is 0 Å². The monoisotopic (exact) mass is 271 g/mol. The molecule has 1 aliphatic heterocycles. The molecule has 2 aliphatic carbocycles. The molecule has 0 aromatic rings. The SMILES string of the molecule is CCC(O)(O)[C@]1(C)N(CC2CC2)C(O)(O)CC12CC2. The maximum atomic E-state index is 10.5. The largest absolute Gasteiger partial charge is 0.364 e. The second kappa shape index (κ2) is 3.71. The first-order valence-electron chi connectivity index (χ1n) is 7.36. The molecule has 1 atom stereocenters. The van der Waals surface area contributed by atoms with Crippen molar-refractivity contribution in [1.29, 1.82) is 0 Å². The molecule has 0 radical (unpaired) electrons. The Kier molecular flexibility index (Phi) is 2.69. The first-order chi connectivity index (χ1) is 8.69. The number of aliphatic hydroxyl groups is 4. The van der Waals surface area contributed by atoms with Crippen LogP contribution in [-0.4, -0.2) is 49.1 Å². The van der Waals surface area contributed by atoms with E-state index in [0.29, 0.717) is 12.5 Å². The normalized spacial score (nSPS) is 36.9. The van der Waals surface area contributed by atoms with Gasteiger partial charge in [-0.25, -0.2) is 4.90 Å². The summed E-state index contributed by atoms with van der Waals surface area (Å²) in [7, 11) is 0. The van der Waals surface area contributed by atoms with Crippen LogP contribution in [0.2, 0.25) is 0 Å². The summed E-state index contributed by atoms with van der Waals surface area (Å²) >= 11 is 0. The highest BCUT2D eigenvalue weighted by atomic mass is 16.5. The molecule has 0 amide bonds. The molecular formula is C14H25NO4. The highest BCUT2D eigenvalue weighted by Gasteiger charge is 2.76. The summed E-state index contributed by atoms with van der Waals surface area (Å²) in [5.74, 6) is -3.36. The van der Waals surface area contributed by atoms with Gasteiger partial charge in [-0.3, -0.25) is 0 Å². The van der Waals surface area contributed by atoms with Gasteiger partial charge >= 0.3 is 0 Å². The zero-order valence-electron chi connectivity index (χ0n) is 11.8. The van der Waals surface area contributed by atoms with E-state index in [-0.39, 0.29) is 18.3 Å². The Bertz CT molecular complexity index is 387. The fraction of sp³-hybridized carbons (Fsp3) is 1.00. The van der Waals surface area contributed by atoms with Crippen molar-refractivity contribution in [2.45, 2.75) is 69.6 Å². The molecule has 0 aromatic heterocycles. The molecule has 1 heterocycles. The summed E-state index contributed by atoms with van der Waals surface area (Å²) in [6, 6.07) is 0. The van der Waals surface area contributed by atoms with Gasteiger partial charge in [-0.1, -0.05) is 6.92 Å². The Morgan fingerprint density at radius 1 is 1.21 bits per heavy atom. The number of hydrogen-bond donors (Lipinski definition) is 4. The van der Waals surface area contributed by atoms with E-state index < -0.39 is 17.2 Å². The minimum atomic E-state index is -1.92. The predicted octanol–water partition coefficient (Wildman–Crippen LogP) is 0.370. The molecule has 0 bridgehead atoms. The molecule has 3 rings (SSSR count). The zero-order valence-corrected chi connectivity index (χ0v) is 11.8. The minimum Gasteiger partial charge on any atom is -0.364 e. The fourth-order valence-corrected chi connectivity index (χ4v) is 4.05. The van der Waals surface area contributed by atoms with E-state index in [4.69, 9.17) is 0 Å². The number of hydrogen-bond acceptors (Lipinski definition) is 5. The lowest BCUT2D eigenvalue weighted by Crippen LogP contribution is -2.67. The zero-order chi connectivity index (χ0) is 14.1. The molecule has 110 valence electrons. The van der Waals surface area contributed by atoms with E-state index in [1.807, 2.05) is 0 Å². The van der Waals surface area contributed by atoms with Crippen LogP contribution in [0.15, 0.2) is 0 Å². The van der Waals surface area contributed by atoms with E-state index in [9.17, 15) is 20.4 Å². The molecule has 19 heavy (non-hydrogen) atoms. The molecule has 5 nitrogen and oxygen atoms in total. The smallest absolute Gasteiger partial charge is 0.226 e. The summed E-state index contributed by atoms with van der Waals surface area (Å²) < 4.78 is 0. The number of rotatable bonds is 4. The van der Waals surface area contributed by atoms with Crippen molar-refractivity contribution in [2.24, 2.45) is 11.3 Å². The molecule has 2 saturated carbocycles. The van der Waals surface area contributed by atoms with Crippen LogP contribution in [0.1, 0.15) is 52.4 Å². The van der Waals surface area contributed by atoms with Gasteiger partial charge in [0.1, 0.15) is 0 Å². The van der Waals surface area contributed by atoms with Crippen molar-refractivity contribution < 1.29 is 20.4 Å². The first-order valence-corrected chi connectivity index (χ1v) is 7.36. The van der Waals surface area contributed by atoms with E-state index in [0.717, 1.165) is 25.7 Å². The molecule has 0 aromatic carbocycles. The molecule has 1 spiro atoms. The second-order valence-electron chi connectivity index (χ2n) is 7.03. The van der Waals surface area contributed by atoms with E-state index >= 15 is 0 Å². The van der Waals surface area contributed by atoms with E-state index in [2.05, 4.69) is 0 Å². The molecule has 5 heteroatoms. The third-order valence-electron chi connectivity index (χ3n) is 5.84. The van der Waals surface area contributed by atoms with Crippen LogP contribution in [0.25, 0.3) is 0 Å². The summed E-state index contributed by atoms with van der Waals surface area (Å²) in [4.78, 5) is 1.56. The molecule has 0 unspecified atom stereocenters. The lowest BCUT2D eigenvalue weighted by molar-refractivity contribution is -0.314. The van der Waals surface area contributed by atoms with Gasteiger partial charge in [-0.2, -0.15) is 0 Å². The van der Waals surface area contributed by atoms with Crippen LogP contribution < -0.4 is 0 Å². The Hall–Kier alpha value is -0.200. The van der Waals surface area contributed by atoms with Crippen LogP contribution in [0, 0.1) is 11.3 Å². The van der Waals surface area contributed by atoms with Crippen molar-refractivity contribution in [2.75, 3.05) is 6.54 Å². The Morgan fingerprint density at radius 3 is 2.21 bits per heavy atom. The quantitative estimate of drug-likeness (QED) is 0.555. The third kappa shape index (κ3) is 1.72. The average molecular weight is 271 g/mol. The van der Waals surface area contributed by atoms with Crippen LogP contribution >= 0.6 is 0 Å². The van der Waals surface area contributed by atoms with Crippen LogP contribution in [-0.2, 0) is 0 Å². The maximum Gasteiger partial charge on any atom is 0.226 e. The highest BCUT2D eigenvalue weighted by Crippen LogP contribution is 2.69. The lowest BCUT2D eigenvalue weighted by Gasteiger charge is -2.49. The average Bonchev–Trinajstić information content (AvgIpc) is 3.18. The summed E-state index contributed by atoms with van der Waals surface area (Å²) in [6.07, 6.45) is 4.23. The van der Waals surface area contributed by atoms with Gasteiger partial charge in [0.05, 0.1) is 5.54 Å². The van der Waals surface area contributed by atoms with E-state index in [1.54, 1.807) is 18.7 Å². The topological polar surface area (TPSA) is 84.2 Å². The Balaban J connectivity index is 2.01. The van der Waals surface area contributed by atoms with Gasteiger partial charge in [-0.15, -0.1) is 0 Å². The minimum absolute atomic E-state index is 0.183. The maximum absolute atomic E-state index is 10.5. The van der Waals surface area contributed by atoms with Crippen LogP contribution in [0.3, 0.4) is 0 Å². The van der Waals surface area contributed by atoms with Crippen molar-refractivity contribution in [3.8, 4) is 0 Å². The second-order valence-corrected chi connectivity index (χ2v) is 7.03. The molecule has 3 fully saturated rings. The Labute approximate surface area is 113 Å².